The van der Waals surface area contributed by atoms with Crippen molar-refractivity contribution >= 4 is 11.5 Å². The number of hydrogen-bond donors (Lipinski definition) is 1. The number of anilines is 1. The first-order valence-electron chi connectivity index (χ1n) is 5.69. The second-order valence-corrected chi connectivity index (χ2v) is 3.98. The summed E-state index contributed by atoms with van der Waals surface area (Å²) < 4.78 is 39.7. The molecule has 18 heavy (non-hydrogen) atoms. The predicted molar refractivity (Wildman–Crippen MR) is 62.9 cm³/mol. The largest absolute Gasteiger partial charge is 0.573 e. The molecule has 1 aliphatic rings. The minimum absolute atomic E-state index is 0.223. The van der Waals surface area contributed by atoms with Gasteiger partial charge in [0.15, 0.2) is 0 Å². The molecule has 0 aliphatic carbocycles. The van der Waals surface area contributed by atoms with Gasteiger partial charge in [-0.25, -0.2) is 0 Å². The van der Waals surface area contributed by atoms with Crippen LogP contribution in [0.25, 0.3) is 0 Å². The summed E-state index contributed by atoms with van der Waals surface area (Å²) >= 11 is 0. The van der Waals surface area contributed by atoms with Crippen LogP contribution in [0.1, 0.15) is 19.3 Å². The van der Waals surface area contributed by atoms with Gasteiger partial charge < -0.3 is 10.1 Å². The van der Waals surface area contributed by atoms with E-state index in [0.717, 1.165) is 31.6 Å². The molecule has 0 radical (unpaired) electrons. The lowest BCUT2D eigenvalue weighted by molar-refractivity contribution is -0.274. The van der Waals surface area contributed by atoms with Gasteiger partial charge in [-0.3, -0.25) is 4.99 Å². The summed E-state index contributed by atoms with van der Waals surface area (Å²) in [5.74, 6) is 0.657. The number of rotatable bonds is 2. The number of aliphatic imine (C=N–C) groups is 1. The maximum absolute atomic E-state index is 12.0. The van der Waals surface area contributed by atoms with Crippen LogP contribution in [-0.4, -0.2) is 18.7 Å². The first kappa shape index (κ1) is 12.7. The summed E-state index contributed by atoms with van der Waals surface area (Å²) in [5.41, 5.74) is 0.713. The topological polar surface area (TPSA) is 33.6 Å². The van der Waals surface area contributed by atoms with Crippen LogP contribution in [0.5, 0.6) is 5.75 Å². The third kappa shape index (κ3) is 3.94. The number of nitrogens with one attached hydrogen (secondary N) is 1. The summed E-state index contributed by atoms with van der Waals surface area (Å²) in [4.78, 5) is 4.30. The first-order chi connectivity index (χ1) is 8.53. The standard InChI is InChI=1S/C12H13F3N2O/c13-12(14,15)18-10-6-4-9(5-7-10)17-11-3-1-2-8-16-11/h4-7H,1-3,8H2,(H,16,17). The molecule has 1 aromatic rings. The minimum Gasteiger partial charge on any atom is -0.406 e. The highest BCUT2D eigenvalue weighted by Crippen LogP contribution is 2.24. The first-order valence-corrected chi connectivity index (χ1v) is 5.69. The van der Waals surface area contributed by atoms with Crippen molar-refractivity contribution in [1.29, 1.82) is 0 Å². The van der Waals surface area contributed by atoms with Gasteiger partial charge in [-0.1, -0.05) is 0 Å². The molecule has 98 valence electrons. The summed E-state index contributed by atoms with van der Waals surface area (Å²) in [6, 6.07) is 5.63. The summed E-state index contributed by atoms with van der Waals surface area (Å²) in [6.07, 6.45) is -1.60. The zero-order valence-electron chi connectivity index (χ0n) is 9.63. The van der Waals surface area contributed by atoms with Gasteiger partial charge in [0, 0.05) is 18.7 Å². The van der Waals surface area contributed by atoms with E-state index in [2.05, 4.69) is 15.0 Å². The molecule has 3 nitrogen and oxygen atoms in total. The van der Waals surface area contributed by atoms with Crippen LogP contribution in [0.15, 0.2) is 29.3 Å². The van der Waals surface area contributed by atoms with Gasteiger partial charge in [0.25, 0.3) is 0 Å². The molecule has 0 bridgehead atoms. The Labute approximate surface area is 103 Å². The molecule has 0 fully saturated rings. The Morgan fingerprint density at radius 3 is 2.39 bits per heavy atom. The zero-order chi connectivity index (χ0) is 13.0. The second kappa shape index (κ2) is 5.29. The smallest absolute Gasteiger partial charge is 0.406 e. The number of halogens is 3. The Kier molecular flexibility index (Phi) is 3.74. The van der Waals surface area contributed by atoms with E-state index in [-0.39, 0.29) is 5.75 Å². The fraction of sp³-hybridized carbons (Fsp3) is 0.417. The summed E-state index contributed by atoms with van der Waals surface area (Å²) in [6.45, 7) is 0.803. The van der Waals surface area contributed by atoms with E-state index in [0.29, 0.717) is 5.69 Å². The molecule has 1 aromatic carbocycles. The molecular weight excluding hydrogens is 245 g/mol. The number of amidine groups is 1. The van der Waals surface area contributed by atoms with Crippen molar-refractivity contribution in [3.05, 3.63) is 24.3 Å². The Morgan fingerprint density at radius 1 is 1.11 bits per heavy atom. The number of alkyl halides is 3. The Hall–Kier alpha value is -1.72. The van der Waals surface area contributed by atoms with Crippen LogP contribution in [0, 0.1) is 0 Å². The van der Waals surface area contributed by atoms with Crippen molar-refractivity contribution in [3.8, 4) is 5.75 Å². The molecule has 0 aromatic heterocycles. The molecule has 0 unspecified atom stereocenters. The monoisotopic (exact) mass is 258 g/mol. The van der Waals surface area contributed by atoms with E-state index in [1.54, 1.807) is 0 Å². The van der Waals surface area contributed by atoms with Crippen molar-refractivity contribution in [2.45, 2.75) is 25.6 Å². The predicted octanol–water partition coefficient (Wildman–Crippen LogP) is 3.58. The summed E-state index contributed by atoms with van der Waals surface area (Å²) in [7, 11) is 0. The SMILES string of the molecule is FC(F)(F)Oc1ccc(NC2=NCCCC2)cc1. The second-order valence-electron chi connectivity index (χ2n) is 3.98. The van der Waals surface area contributed by atoms with Crippen LogP contribution >= 0.6 is 0 Å². The quantitative estimate of drug-likeness (QED) is 0.879. The van der Waals surface area contributed by atoms with Gasteiger partial charge in [0.1, 0.15) is 11.6 Å². The Morgan fingerprint density at radius 2 is 1.83 bits per heavy atom. The average Bonchev–Trinajstić information content (AvgIpc) is 2.31. The molecular formula is C12H13F3N2O. The molecule has 1 N–H and O–H groups in total. The number of ether oxygens (including phenoxy) is 1. The molecule has 1 heterocycles. The zero-order valence-corrected chi connectivity index (χ0v) is 9.63. The molecule has 0 saturated carbocycles. The third-order valence-electron chi connectivity index (χ3n) is 2.50. The van der Waals surface area contributed by atoms with Crippen molar-refractivity contribution in [2.75, 3.05) is 11.9 Å². The maximum Gasteiger partial charge on any atom is 0.573 e. The number of benzene rings is 1. The van der Waals surface area contributed by atoms with Crippen LogP contribution < -0.4 is 10.1 Å². The van der Waals surface area contributed by atoms with Crippen molar-refractivity contribution in [1.82, 2.24) is 0 Å². The van der Waals surface area contributed by atoms with Gasteiger partial charge in [0.05, 0.1) is 0 Å². The molecule has 6 heteroatoms. The third-order valence-corrected chi connectivity index (χ3v) is 2.50. The van der Waals surface area contributed by atoms with Gasteiger partial charge >= 0.3 is 6.36 Å². The minimum atomic E-state index is -4.65. The number of hydrogen-bond acceptors (Lipinski definition) is 3. The lowest BCUT2D eigenvalue weighted by atomic mass is 10.2. The molecule has 0 amide bonds. The van der Waals surface area contributed by atoms with E-state index < -0.39 is 6.36 Å². The summed E-state index contributed by atoms with van der Waals surface area (Å²) in [5, 5.41) is 3.08. The Bertz CT molecular complexity index is 426. The van der Waals surface area contributed by atoms with Crippen LogP contribution in [-0.2, 0) is 0 Å². The van der Waals surface area contributed by atoms with E-state index in [4.69, 9.17) is 0 Å². The highest BCUT2D eigenvalue weighted by atomic mass is 19.4. The Balaban J connectivity index is 1.97. The molecule has 0 atom stereocenters. The fourth-order valence-corrected chi connectivity index (χ4v) is 1.71. The van der Waals surface area contributed by atoms with Gasteiger partial charge in [-0.05, 0) is 37.1 Å². The van der Waals surface area contributed by atoms with Gasteiger partial charge in [0.2, 0.25) is 0 Å². The van der Waals surface area contributed by atoms with Gasteiger partial charge in [-0.2, -0.15) is 0 Å². The molecule has 0 saturated heterocycles. The van der Waals surface area contributed by atoms with Crippen molar-refractivity contribution in [3.63, 3.8) is 0 Å². The molecule has 0 spiro atoms. The van der Waals surface area contributed by atoms with E-state index >= 15 is 0 Å². The average molecular weight is 258 g/mol. The van der Waals surface area contributed by atoms with E-state index in [1.807, 2.05) is 0 Å². The van der Waals surface area contributed by atoms with Crippen LogP contribution in [0.3, 0.4) is 0 Å². The molecule has 1 aliphatic heterocycles. The number of nitrogens with zero attached hydrogens (tertiary/aromatic N) is 1. The fourth-order valence-electron chi connectivity index (χ4n) is 1.71. The maximum atomic E-state index is 12.0. The highest BCUT2D eigenvalue weighted by Gasteiger charge is 2.30. The van der Waals surface area contributed by atoms with Crippen molar-refractivity contribution < 1.29 is 17.9 Å². The lowest BCUT2D eigenvalue weighted by Gasteiger charge is -2.14. The van der Waals surface area contributed by atoms with E-state index in [1.165, 1.54) is 24.3 Å². The van der Waals surface area contributed by atoms with E-state index in [9.17, 15) is 13.2 Å². The van der Waals surface area contributed by atoms with Crippen molar-refractivity contribution in [2.24, 2.45) is 4.99 Å². The highest BCUT2D eigenvalue weighted by molar-refractivity contribution is 5.95. The van der Waals surface area contributed by atoms with Crippen LogP contribution in [0.2, 0.25) is 0 Å². The van der Waals surface area contributed by atoms with Crippen LogP contribution in [0.4, 0.5) is 18.9 Å². The normalized spacial score (nSPS) is 16.1. The lowest BCUT2D eigenvalue weighted by Crippen LogP contribution is -2.17. The van der Waals surface area contributed by atoms with Gasteiger partial charge in [-0.15, -0.1) is 13.2 Å². The molecule has 2 rings (SSSR count).